The normalized spacial score (nSPS) is 10.7. The van der Waals surface area contributed by atoms with Crippen LogP contribution in [0, 0.1) is 0 Å². The maximum absolute atomic E-state index is 11.3. The molecule has 4 rings (SSSR count). The van der Waals surface area contributed by atoms with Crippen LogP contribution in [0.5, 0.6) is 0 Å². The van der Waals surface area contributed by atoms with Crippen molar-refractivity contribution in [1.29, 1.82) is 0 Å². The van der Waals surface area contributed by atoms with Gasteiger partial charge in [-0.05, 0) is 29.3 Å². The van der Waals surface area contributed by atoms with Crippen LogP contribution in [0.1, 0.15) is 0 Å². The molecule has 27 heavy (non-hydrogen) atoms. The highest BCUT2D eigenvalue weighted by Crippen LogP contribution is 2.36. The van der Waals surface area contributed by atoms with E-state index < -0.39 is 6.03 Å². The van der Waals surface area contributed by atoms with Gasteiger partial charge in [-0.25, -0.2) is 15.6 Å². The number of primary amides is 1. The predicted octanol–water partition coefficient (Wildman–Crippen LogP) is 4.47. The second kappa shape index (κ2) is 7.06. The van der Waals surface area contributed by atoms with Gasteiger partial charge >= 0.3 is 6.03 Å². The Balaban J connectivity index is 1.69. The number of thiophene rings is 1. The van der Waals surface area contributed by atoms with Crippen LogP contribution in [0.15, 0.2) is 73.1 Å². The van der Waals surface area contributed by atoms with Crippen molar-refractivity contribution in [1.82, 2.24) is 4.98 Å². The maximum Gasteiger partial charge on any atom is 0.334 e. The van der Waals surface area contributed by atoms with E-state index in [1.54, 1.807) is 12.4 Å². The largest absolute Gasteiger partial charge is 0.354 e. The number of urea groups is 1. The Labute approximate surface area is 160 Å². The topological polar surface area (TPSA) is 97.3 Å². The van der Waals surface area contributed by atoms with Crippen molar-refractivity contribution in [3.8, 4) is 11.1 Å². The van der Waals surface area contributed by atoms with Gasteiger partial charge in [0.25, 0.3) is 0 Å². The molecule has 134 valence electrons. The number of fused-ring (bicyclic) bond motifs is 1. The minimum Gasteiger partial charge on any atom is -0.354 e. The minimum absolute atomic E-state index is 0.562. The van der Waals surface area contributed by atoms with Gasteiger partial charge in [-0.3, -0.25) is 4.98 Å². The average molecular weight is 375 g/mol. The molecule has 0 radical (unpaired) electrons. The van der Waals surface area contributed by atoms with Gasteiger partial charge in [0.05, 0.1) is 16.6 Å². The number of amides is 2. The van der Waals surface area contributed by atoms with Gasteiger partial charge < -0.3 is 11.1 Å². The van der Waals surface area contributed by atoms with Crippen molar-refractivity contribution >= 4 is 43.8 Å². The number of pyridine rings is 1. The quantitative estimate of drug-likeness (QED) is 0.278. The summed E-state index contributed by atoms with van der Waals surface area (Å²) in [5.74, 6) is 5.72. The lowest BCUT2D eigenvalue weighted by Gasteiger charge is -2.10. The molecule has 4 aromatic rings. The first kappa shape index (κ1) is 17.0. The second-order valence-corrected chi connectivity index (χ2v) is 7.03. The van der Waals surface area contributed by atoms with Crippen LogP contribution in [0.3, 0.4) is 0 Å². The van der Waals surface area contributed by atoms with E-state index in [2.05, 4.69) is 34.6 Å². The SMILES string of the molecule is NC(=O)N(N)c1cc2c(Nc3cccc(-c4ccccc4)c3)cncc2s1. The van der Waals surface area contributed by atoms with Crippen LogP contribution < -0.4 is 21.9 Å². The molecule has 0 aliphatic rings. The first-order valence-electron chi connectivity index (χ1n) is 8.26. The Morgan fingerprint density at radius 1 is 1.00 bits per heavy atom. The molecule has 0 unspecified atom stereocenters. The summed E-state index contributed by atoms with van der Waals surface area (Å²) in [5.41, 5.74) is 9.30. The zero-order valence-electron chi connectivity index (χ0n) is 14.3. The molecule has 0 aliphatic carbocycles. The highest BCUT2D eigenvalue weighted by molar-refractivity contribution is 7.23. The molecular weight excluding hydrogens is 358 g/mol. The molecule has 0 atom stereocenters. The summed E-state index contributed by atoms with van der Waals surface area (Å²) in [6.07, 6.45) is 3.49. The summed E-state index contributed by atoms with van der Waals surface area (Å²) in [6.45, 7) is 0. The van der Waals surface area contributed by atoms with Crippen LogP contribution in [0.2, 0.25) is 0 Å². The van der Waals surface area contributed by atoms with Gasteiger partial charge in [-0.1, -0.05) is 42.5 Å². The lowest BCUT2D eigenvalue weighted by atomic mass is 10.1. The third kappa shape index (κ3) is 3.46. The van der Waals surface area contributed by atoms with Gasteiger partial charge in [0.15, 0.2) is 0 Å². The van der Waals surface area contributed by atoms with Crippen LogP contribution in [0.25, 0.3) is 21.2 Å². The molecule has 0 saturated heterocycles. The molecule has 0 aliphatic heterocycles. The van der Waals surface area contributed by atoms with Crippen LogP contribution in [-0.2, 0) is 0 Å². The third-order valence-corrected chi connectivity index (χ3v) is 5.23. The van der Waals surface area contributed by atoms with Gasteiger partial charge in [-0.15, -0.1) is 11.3 Å². The fourth-order valence-electron chi connectivity index (χ4n) is 2.84. The highest BCUT2D eigenvalue weighted by atomic mass is 32.1. The molecular formula is C20H17N5OS. The Bertz CT molecular complexity index is 1110. The van der Waals surface area contributed by atoms with Crippen LogP contribution in [0.4, 0.5) is 21.2 Å². The van der Waals surface area contributed by atoms with E-state index in [0.717, 1.165) is 37.6 Å². The third-order valence-electron chi connectivity index (χ3n) is 4.16. The van der Waals surface area contributed by atoms with Gasteiger partial charge in [-0.2, -0.15) is 0 Å². The molecule has 0 spiro atoms. The molecule has 0 bridgehead atoms. The zero-order chi connectivity index (χ0) is 18.8. The van der Waals surface area contributed by atoms with E-state index >= 15 is 0 Å². The number of hydrogen-bond acceptors (Lipinski definition) is 5. The second-order valence-electron chi connectivity index (χ2n) is 5.96. The number of aromatic nitrogens is 1. The fraction of sp³-hybridized carbons (Fsp3) is 0. The monoisotopic (exact) mass is 375 g/mol. The first-order chi connectivity index (χ1) is 13.1. The number of nitrogens with zero attached hydrogens (tertiary/aromatic N) is 2. The number of carbonyl (C=O) groups is 1. The van der Waals surface area contributed by atoms with E-state index in [1.807, 2.05) is 36.4 Å². The van der Waals surface area contributed by atoms with Crippen molar-refractivity contribution in [2.24, 2.45) is 11.6 Å². The molecule has 2 amide bonds. The van der Waals surface area contributed by atoms with Crippen molar-refractivity contribution < 1.29 is 4.79 Å². The minimum atomic E-state index is -0.709. The lowest BCUT2D eigenvalue weighted by molar-refractivity contribution is 0.254. The number of rotatable bonds is 4. The Hall–Kier alpha value is -3.42. The van der Waals surface area contributed by atoms with Gasteiger partial charge in [0.1, 0.15) is 5.00 Å². The Morgan fingerprint density at radius 2 is 1.78 bits per heavy atom. The van der Waals surface area contributed by atoms with Crippen LogP contribution in [-0.4, -0.2) is 11.0 Å². The van der Waals surface area contributed by atoms with Gasteiger partial charge in [0.2, 0.25) is 0 Å². The molecule has 0 fully saturated rings. The summed E-state index contributed by atoms with van der Waals surface area (Å²) in [4.78, 5) is 15.6. The van der Waals surface area contributed by atoms with E-state index in [-0.39, 0.29) is 0 Å². The zero-order valence-corrected chi connectivity index (χ0v) is 15.1. The molecule has 7 heteroatoms. The van der Waals surface area contributed by atoms with E-state index in [9.17, 15) is 4.79 Å². The number of nitrogens with two attached hydrogens (primary N) is 2. The maximum atomic E-state index is 11.3. The number of carbonyl (C=O) groups excluding carboxylic acids is 1. The van der Waals surface area contributed by atoms with Crippen molar-refractivity contribution in [3.05, 3.63) is 73.1 Å². The van der Waals surface area contributed by atoms with E-state index in [1.165, 1.54) is 11.3 Å². The summed E-state index contributed by atoms with van der Waals surface area (Å²) < 4.78 is 0.908. The first-order valence-corrected chi connectivity index (χ1v) is 9.08. The highest BCUT2D eigenvalue weighted by Gasteiger charge is 2.14. The predicted molar refractivity (Wildman–Crippen MR) is 111 cm³/mol. The van der Waals surface area contributed by atoms with Crippen molar-refractivity contribution in [2.45, 2.75) is 0 Å². The number of hydrazine groups is 1. The Kier molecular flexibility index (Phi) is 4.45. The van der Waals surface area contributed by atoms with Crippen molar-refractivity contribution in [2.75, 3.05) is 10.3 Å². The molecule has 6 nitrogen and oxygen atoms in total. The number of benzene rings is 2. The Morgan fingerprint density at radius 3 is 2.56 bits per heavy atom. The fourth-order valence-corrected chi connectivity index (χ4v) is 3.82. The summed E-state index contributed by atoms with van der Waals surface area (Å²) in [6, 6.07) is 19.5. The summed E-state index contributed by atoms with van der Waals surface area (Å²) in [7, 11) is 0. The van der Waals surface area contributed by atoms with E-state index in [0.29, 0.717) is 5.00 Å². The molecule has 2 heterocycles. The summed E-state index contributed by atoms with van der Waals surface area (Å²) >= 11 is 1.36. The number of anilines is 3. The standard InChI is InChI=1S/C20H17N5OS/c21-20(26)25(22)19-10-16-17(11-23-12-18(16)27-19)24-15-8-4-7-14(9-15)13-5-2-1-3-6-13/h1-12,24H,22H2,(H2,21,26). The number of nitrogens with one attached hydrogen (secondary N) is 1. The summed E-state index contributed by atoms with van der Waals surface area (Å²) in [5, 5.41) is 5.83. The smallest absolute Gasteiger partial charge is 0.334 e. The van der Waals surface area contributed by atoms with Crippen molar-refractivity contribution in [3.63, 3.8) is 0 Å². The molecule has 5 N–H and O–H groups in total. The number of hydrogen-bond donors (Lipinski definition) is 3. The average Bonchev–Trinajstić information content (AvgIpc) is 3.13. The molecule has 2 aromatic heterocycles. The van der Waals surface area contributed by atoms with E-state index in [4.69, 9.17) is 11.6 Å². The molecule has 0 saturated carbocycles. The van der Waals surface area contributed by atoms with Gasteiger partial charge in [0, 0.05) is 17.3 Å². The van der Waals surface area contributed by atoms with Crippen LogP contribution >= 0.6 is 11.3 Å². The lowest BCUT2D eigenvalue weighted by Crippen LogP contribution is -2.40. The molecule has 2 aromatic carbocycles.